The van der Waals surface area contributed by atoms with E-state index in [2.05, 4.69) is 24.2 Å². The summed E-state index contributed by atoms with van der Waals surface area (Å²) in [6, 6.07) is 11.1. The molecular formula is C23H26FN3O3. The molecule has 1 fully saturated rings. The normalized spacial score (nSPS) is 15.1. The van der Waals surface area contributed by atoms with Crippen LogP contribution in [0.4, 0.5) is 15.8 Å². The SMILES string of the molecule is CCN(CC)c1ccc(/C=C2/C(=O)NN(c3ccc(F)cc3)C2=O)c(OC(C)C)c1. The minimum Gasteiger partial charge on any atom is -0.490 e. The van der Waals surface area contributed by atoms with E-state index in [9.17, 15) is 14.0 Å². The summed E-state index contributed by atoms with van der Waals surface area (Å²) in [4.78, 5) is 27.5. The number of carbonyl (C=O) groups is 2. The van der Waals surface area contributed by atoms with E-state index < -0.39 is 17.6 Å². The Morgan fingerprint density at radius 1 is 1.10 bits per heavy atom. The van der Waals surface area contributed by atoms with Gasteiger partial charge in [-0.2, -0.15) is 0 Å². The first-order chi connectivity index (χ1) is 14.3. The summed E-state index contributed by atoms with van der Waals surface area (Å²) in [5, 5.41) is 1.11. The first-order valence-electron chi connectivity index (χ1n) is 10.0. The summed E-state index contributed by atoms with van der Waals surface area (Å²) in [5.74, 6) is -0.846. The second-order valence-corrected chi connectivity index (χ2v) is 7.18. The second kappa shape index (κ2) is 8.98. The molecule has 6 nitrogen and oxygen atoms in total. The predicted molar refractivity (Wildman–Crippen MR) is 116 cm³/mol. The number of halogens is 1. The Balaban J connectivity index is 1.97. The van der Waals surface area contributed by atoms with Crippen LogP contribution in [0.3, 0.4) is 0 Å². The fourth-order valence-corrected chi connectivity index (χ4v) is 3.27. The first kappa shape index (κ1) is 21.4. The van der Waals surface area contributed by atoms with E-state index in [1.807, 2.05) is 32.0 Å². The number of anilines is 2. The van der Waals surface area contributed by atoms with Crippen LogP contribution < -0.4 is 20.1 Å². The largest absolute Gasteiger partial charge is 0.490 e. The van der Waals surface area contributed by atoms with Crippen LogP contribution >= 0.6 is 0 Å². The summed E-state index contributed by atoms with van der Waals surface area (Å²) in [5.41, 5.74) is 4.54. The van der Waals surface area contributed by atoms with E-state index >= 15 is 0 Å². The highest BCUT2D eigenvalue weighted by atomic mass is 19.1. The van der Waals surface area contributed by atoms with Crippen LogP contribution in [-0.2, 0) is 9.59 Å². The Morgan fingerprint density at radius 3 is 2.37 bits per heavy atom. The van der Waals surface area contributed by atoms with Crippen LogP contribution in [0.1, 0.15) is 33.3 Å². The minimum absolute atomic E-state index is 0.0106. The number of nitrogens with zero attached hydrogens (tertiary/aromatic N) is 2. The van der Waals surface area contributed by atoms with Crippen molar-refractivity contribution in [2.24, 2.45) is 0 Å². The number of hydrazine groups is 1. The molecular weight excluding hydrogens is 385 g/mol. The van der Waals surface area contributed by atoms with Crippen molar-refractivity contribution in [2.45, 2.75) is 33.8 Å². The van der Waals surface area contributed by atoms with Gasteiger partial charge in [-0.25, -0.2) is 9.40 Å². The minimum atomic E-state index is -0.521. The molecule has 1 aliphatic rings. The molecule has 158 valence electrons. The third kappa shape index (κ3) is 4.45. The third-order valence-corrected chi connectivity index (χ3v) is 4.76. The Labute approximate surface area is 175 Å². The van der Waals surface area contributed by atoms with Crippen molar-refractivity contribution in [2.75, 3.05) is 23.0 Å². The second-order valence-electron chi connectivity index (χ2n) is 7.18. The maximum atomic E-state index is 13.2. The van der Waals surface area contributed by atoms with E-state index in [1.165, 1.54) is 30.3 Å². The molecule has 30 heavy (non-hydrogen) atoms. The third-order valence-electron chi connectivity index (χ3n) is 4.76. The van der Waals surface area contributed by atoms with Gasteiger partial charge < -0.3 is 9.64 Å². The number of nitrogens with one attached hydrogen (secondary N) is 1. The average molecular weight is 411 g/mol. The quantitative estimate of drug-likeness (QED) is 0.554. The number of hydrogen-bond donors (Lipinski definition) is 1. The fourth-order valence-electron chi connectivity index (χ4n) is 3.27. The van der Waals surface area contributed by atoms with Crippen molar-refractivity contribution in [3.8, 4) is 5.75 Å². The van der Waals surface area contributed by atoms with Gasteiger partial charge in [0.15, 0.2) is 0 Å². The standard InChI is InChI=1S/C23H26FN3O3/c1-5-26(6-2)19-10-7-16(21(14-19)30-15(3)4)13-20-22(28)25-27(23(20)29)18-11-8-17(24)9-12-18/h7-15H,5-6H2,1-4H3,(H,25,28)/b20-13-. The molecule has 0 aliphatic carbocycles. The Bertz CT molecular complexity index is 966. The molecule has 0 saturated carbocycles. The van der Waals surface area contributed by atoms with E-state index in [1.54, 1.807) is 0 Å². The van der Waals surface area contributed by atoms with E-state index in [-0.39, 0.29) is 11.7 Å². The van der Waals surface area contributed by atoms with Gasteiger partial charge in [0.1, 0.15) is 17.1 Å². The van der Waals surface area contributed by atoms with Gasteiger partial charge in [0.05, 0.1) is 11.8 Å². The zero-order valence-corrected chi connectivity index (χ0v) is 17.6. The number of amides is 2. The molecule has 7 heteroatoms. The van der Waals surface area contributed by atoms with E-state index in [0.717, 1.165) is 23.8 Å². The van der Waals surface area contributed by atoms with Crippen molar-refractivity contribution in [3.63, 3.8) is 0 Å². The van der Waals surface area contributed by atoms with Gasteiger partial charge in [0.25, 0.3) is 11.8 Å². The lowest BCUT2D eigenvalue weighted by atomic mass is 10.1. The molecule has 1 saturated heterocycles. The molecule has 2 amide bonds. The Kier molecular flexibility index (Phi) is 6.40. The number of rotatable bonds is 7. The van der Waals surface area contributed by atoms with Gasteiger partial charge in [-0.05, 0) is 70.2 Å². The zero-order valence-electron chi connectivity index (χ0n) is 17.6. The highest BCUT2D eigenvalue weighted by Gasteiger charge is 2.34. The van der Waals surface area contributed by atoms with Crippen LogP contribution in [0, 0.1) is 5.82 Å². The molecule has 0 radical (unpaired) electrons. The molecule has 0 spiro atoms. The fraction of sp³-hybridized carbons (Fsp3) is 0.304. The van der Waals surface area contributed by atoms with Crippen LogP contribution in [0.2, 0.25) is 0 Å². The highest BCUT2D eigenvalue weighted by molar-refractivity contribution is 6.31. The lowest BCUT2D eigenvalue weighted by molar-refractivity contribution is -0.117. The number of hydrogen-bond acceptors (Lipinski definition) is 4. The Morgan fingerprint density at radius 2 is 1.77 bits per heavy atom. The maximum Gasteiger partial charge on any atom is 0.282 e. The first-order valence-corrected chi connectivity index (χ1v) is 10.0. The van der Waals surface area contributed by atoms with Gasteiger partial charge in [-0.15, -0.1) is 0 Å². The molecule has 0 bridgehead atoms. The number of ether oxygens (including phenoxy) is 1. The summed E-state index contributed by atoms with van der Waals surface area (Å²) in [6.07, 6.45) is 1.46. The highest BCUT2D eigenvalue weighted by Crippen LogP contribution is 2.30. The van der Waals surface area contributed by atoms with Gasteiger partial charge in [0.2, 0.25) is 0 Å². The number of carbonyl (C=O) groups excluding carboxylic acids is 2. The molecule has 0 atom stereocenters. The molecule has 1 heterocycles. The molecule has 1 aliphatic heterocycles. The molecule has 2 aromatic rings. The van der Waals surface area contributed by atoms with Gasteiger partial charge >= 0.3 is 0 Å². The van der Waals surface area contributed by atoms with Crippen molar-refractivity contribution in [3.05, 3.63) is 59.4 Å². The zero-order chi connectivity index (χ0) is 21.8. The van der Waals surface area contributed by atoms with Crippen molar-refractivity contribution in [1.29, 1.82) is 0 Å². The van der Waals surface area contributed by atoms with Gasteiger partial charge in [-0.3, -0.25) is 15.0 Å². The van der Waals surface area contributed by atoms with E-state index in [0.29, 0.717) is 17.0 Å². The maximum absolute atomic E-state index is 13.2. The molecule has 3 rings (SSSR count). The Hall–Kier alpha value is -3.35. The predicted octanol–water partition coefficient (Wildman–Crippen LogP) is 3.92. The van der Waals surface area contributed by atoms with Crippen LogP contribution in [0.25, 0.3) is 6.08 Å². The van der Waals surface area contributed by atoms with Crippen LogP contribution in [0.15, 0.2) is 48.0 Å². The van der Waals surface area contributed by atoms with Gasteiger partial charge in [0, 0.05) is 30.4 Å². The molecule has 2 aromatic carbocycles. The summed E-state index contributed by atoms with van der Waals surface area (Å²) in [6.45, 7) is 9.70. The smallest absolute Gasteiger partial charge is 0.282 e. The lowest BCUT2D eigenvalue weighted by Crippen LogP contribution is -2.35. The van der Waals surface area contributed by atoms with Gasteiger partial charge in [-0.1, -0.05) is 0 Å². The summed E-state index contributed by atoms with van der Waals surface area (Å²) in [7, 11) is 0. The van der Waals surface area contributed by atoms with E-state index in [4.69, 9.17) is 4.74 Å². The molecule has 0 unspecified atom stereocenters. The monoisotopic (exact) mass is 411 g/mol. The van der Waals surface area contributed by atoms with Crippen molar-refractivity contribution in [1.82, 2.24) is 5.43 Å². The summed E-state index contributed by atoms with van der Waals surface area (Å²) >= 11 is 0. The molecule has 1 N–H and O–H groups in total. The lowest BCUT2D eigenvalue weighted by Gasteiger charge is -2.23. The van der Waals surface area contributed by atoms with Crippen LogP contribution in [0.5, 0.6) is 5.75 Å². The van der Waals surface area contributed by atoms with Crippen molar-refractivity contribution >= 4 is 29.3 Å². The van der Waals surface area contributed by atoms with Crippen molar-refractivity contribution < 1.29 is 18.7 Å². The average Bonchev–Trinajstić information content (AvgIpc) is 2.99. The number of benzene rings is 2. The summed E-state index contributed by atoms with van der Waals surface area (Å²) < 4.78 is 19.1. The van der Waals surface area contributed by atoms with Crippen LogP contribution in [-0.4, -0.2) is 31.0 Å². The topological polar surface area (TPSA) is 61.9 Å². The molecule has 0 aromatic heterocycles.